The molecule has 0 aliphatic heterocycles. The van der Waals surface area contributed by atoms with Crippen molar-refractivity contribution in [2.75, 3.05) is 31.6 Å². The number of hydrogen-bond donors (Lipinski definition) is 2. The van der Waals surface area contributed by atoms with Gasteiger partial charge in [0.05, 0.1) is 30.4 Å². The maximum Gasteiger partial charge on any atom is 0.251 e. The fourth-order valence-corrected chi connectivity index (χ4v) is 1.97. The van der Waals surface area contributed by atoms with Crippen LogP contribution >= 0.6 is 11.6 Å². The Kier molecular flexibility index (Phi) is 6.84. The van der Waals surface area contributed by atoms with Gasteiger partial charge in [-0.3, -0.25) is 9.69 Å². The highest BCUT2D eigenvalue weighted by atomic mass is 35.5. The van der Waals surface area contributed by atoms with Crippen molar-refractivity contribution in [1.29, 1.82) is 0 Å². The first-order valence-corrected chi connectivity index (χ1v) is 6.47. The quantitative estimate of drug-likeness (QED) is 0.811. The number of hydrogen-bond acceptors (Lipinski definition) is 3. The van der Waals surface area contributed by atoms with Gasteiger partial charge in [-0.15, -0.1) is 0 Å². The number of aliphatic hydroxyl groups is 1. The fraction of sp³-hybridized carbons (Fsp3) is 0.462. The molecule has 0 aromatic heterocycles. The highest BCUT2D eigenvalue weighted by Gasteiger charge is 2.15. The molecule has 0 bridgehead atoms. The number of alkyl halides is 2. The highest BCUT2D eigenvalue weighted by Crippen LogP contribution is 2.22. The minimum atomic E-state index is -2.56. The average molecular weight is 307 g/mol. The van der Waals surface area contributed by atoms with Crippen molar-refractivity contribution in [3.05, 3.63) is 28.8 Å². The van der Waals surface area contributed by atoms with E-state index in [0.29, 0.717) is 10.7 Å². The number of benzene rings is 1. The molecule has 0 fully saturated rings. The first-order valence-electron chi connectivity index (χ1n) is 6.09. The van der Waals surface area contributed by atoms with Crippen LogP contribution in [0.1, 0.15) is 5.56 Å². The lowest BCUT2D eigenvalue weighted by atomic mass is 10.2. The third-order valence-corrected chi connectivity index (χ3v) is 2.89. The Labute approximate surface area is 121 Å². The summed E-state index contributed by atoms with van der Waals surface area (Å²) in [4.78, 5) is 13.0. The minimum Gasteiger partial charge on any atom is -0.395 e. The minimum absolute atomic E-state index is 0.0133. The first kappa shape index (κ1) is 16.8. The van der Waals surface area contributed by atoms with E-state index < -0.39 is 18.9 Å². The Morgan fingerprint density at radius 3 is 2.75 bits per heavy atom. The van der Waals surface area contributed by atoms with Gasteiger partial charge in [-0.05, 0) is 24.6 Å². The molecule has 4 nitrogen and oxygen atoms in total. The lowest BCUT2D eigenvalue weighted by Gasteiger charge is -2.20. The van der Waals surface area contributed by atoms with Gasteiger partial charge in [0.2, 0.25) is 5.91 Å². The number of rotatable bonds is 7. The van der Waals surface area contributed by atoms with Crippen molar-refractivity contribution in [1.82, 2.24) is 4.90 Å². The van der Waals surface area contributed by atoms with Crippen LogP contribution < -0.4 is 5.32 Å². The van der Waals surface area contributed by atoms with Gasteiger partial charge in [0.15, 0.2) is 0 Å². The summed E-state index contributed by atoms with van der Waals surface area (Å²) in [6, 6.07) is 5.13. The zero-order valence-corrected chi connectivity index (χ0v) is 11.8. The second-order valence-corrected chi connectivity index (χ2v) is 4.79. The zero-order chi connectivity index (χ0) is 15.1. The summed E-state index contributed by atoms with van der Waals surface area (Å²) in [5.41, 5.74) is 1.39. The summed E-state index contributed by atoms with van der Waals surface area (Å²) >= 11 is 5.97. The molecule has 0 heterocycles. The van der Waals surface area contributed by atoms with Crippen LogP contribution in [0.2, 0.25) is 5.02 Å². The summed E-state index contributed by atoms with van der Waals surface area (Å²) in [7, 11) is 0. The first-order chi connectivity index (χ1) is 9.42. The van der Waals surface area contributed by atoms with Crippen molar-refractivity contribution in [3.63, 3.8) is 0 Å². The fourth-order valence-electron chi connectivity index (χ4n) is 1.69. The van der Waals surface area contributed by atoms with Gasteiger partial charge in [-0.1, -0.05) is 17.7 Å². The van der Waals surface area contributed by atoms with Gasteiger partial charge in [0.1, 0.15) is 0 Å². The molecular formula is C13H17ClF2N2O2. The molecular weight excluding hydrogens is 290 g/mol. The van der Waals surface area contributed by atoms with E-state index in [4.69, 9.17) is 16.7 Å². The molecule has 0 saturated carbocycles. The van der Waals surface area contributed by atoms with Crippen LogP contribution in [0.25, 0.3) is 0 Å². The largest absolute Gasteiger partial charge is 0.395 e. The molecule has 7 heteroatoms. The maximum absolute atomic E-state index is 12.3. The van der Waals surface area contributed by atoms with Crippen LogP contribution in [0, 0.1) is 6.92 Å². The molecule has 0 saturated heterocycles. The van der Waals surface area contributed by atoms with Crippen LogP contribution in [-0.2, 0) is 4.79 Å². The molecule has 0 radical (unpaired) electrons. The standard InChI is InChI=1S/C13H17ClF2N2O2/c1-9-2-3-11(10(14)6-9)17-13(20)8-18(4-5-19)7-12(15)16/h2-3,6,12,19H,4-5,7-8H2,1H3,(H,17,20). The highest BCUT2D eigenvalue weighted by molar-refractivity contribution is 6.33. The summed E-state index contributed by atoms with van der Waals surface area (Å²) in [5, 5.41) is 11.7. The molecule has 0 aliphatic carbocycles. The van der Waals surface area contributed by atoms with E-state index in [-0.39, 0.29) is 19.7 Å². The zero-order valence-electron chi connectivity index (χ0n) is 11.1. The molecule has 0 atom stereocenters. The number of halogens is 3. The van der Waals surface area contributed by atoms with E-state index >= 15 is 0 Å². The van der Waals surface area contributed by atoms with Crippen LogP contribution in [0.5, 0.6) is 0 Å². The monoisotopic (exact) mass is 306 g/mol. The molecule has 112 valence electrons. The molecule has 1 rings (SSSR count). The Balaban J connectivity index is 2.60. The third kappa shape index (κ3) is 5.81. The van der Waals surface area contributed by atoms with Crippen molar-refractivity contribution in [3.8, 4) is 0 Å². The predicted molar refractivity (Wildman–Crippen MR) is 74.3 cm³/mol. The second kappa shape index (κ2) is 8.14. The second-order valence-electron chi connectivity index (χ2n) is 4.38. The summed E-state index contributed by atoms with van der Waals surface area (Å²) in [6.45, 7) is 0.804. The normalized spacial score (nSPS) is 11.2. The Morgan fingerprint density at radius 1 is 1.50 bits per heavy atom. The number of nitrogens with zero attached hydrogens (tertiary/aromatic N) is 1. The summed E-state index contributed by atoms with van der Waals surface area (Å²) < 4.78 is 24.6. The van der Waals surface area contributed by atoms with Gasteiger partial charge >= 0.3 is 0 Å². The Bertz CT molecular complexity index is 458. The number of anilines is 1. The smallest absolute Gasteiger partial charge is 0.251 e. The van der Waals surface area contributed by atoms with Crippen LogP contribution in [0.15, 0.2) is 18.2 Å². The maximum atomic E-state index is 12.3. The van der Waals surface area contributed by atoms with Crippen molar-refractivity contribution < 1.29 is 18.7 Å². The van der Waals surface area contributed by atoms with Crippen molar-refractivity contribution in [2.45, 2.75) is 13.3 Å². The third-order valence-electron chi connectivity index (χ3n) is 2.58. The van der Waals surface area contributed by atoms with Gasteiger partial charge in [0.25, 0.3) is 6.43 Å². The Morgan fingerprint density at radius 2 is 2.20 bits per heavy atom. The molecule has 1 aromatic rings. The van der Waals surface area contributed by atoms with Crippen LogP contribution in [-0.4, -0.2) is 48.6 Å². The molecule has 2 N–H and O–H groups in total. The number of aliphatic hydroxyl groups excluding tert-OH is 1. The summed E-state index contributed by atoms with van der Waals surface area (Å²) in [5.74, 6) is -0.454. The lowest BCUT2D eigenvalue weighted by Crippen LogP contribution is -2.38. The summed E-state index contributed by atoms with van der Waals surface area (Å²) in [6.07, 6.45) is -2.56. The number of amides is 1. The predicted octanol–water partition coefficient (Wildman–Crippen LogP) is 2.15. The van der Waals surface area contributed by atoms with E-state index in [1.165, 1.54) is 4.90 Å². The van der Waals surface area contributed by atoms with Gasteiger partial charge < -0.3 is 10.4 Å². The molecule has 0 spiro atoms. The van der Waals surface area contributed by atoms with E-state index in [1.54, 1.807) is 18.2 Å². The number of nitrogens with one attached hydrogen (secondary N) is 1. The average Bonchev–Trinajstić information content (AvgIpc) is 2.32. The van der Waals surface area contributed by atoms with E-state index in [9.17, 15) is 13.6 Å². The van der Waals surface area contributed by atoms with Crippen molar-refractivity contribution >= 4 is 23.2 Å². The van der Waals surface area contributed by atoms with Gasteiger partial charge in [-0.2, -0.15) is 0 Å². The number of carbonyl (C=O) groups excluding carboxylic acids is 1. The van der Waals surface area contributed by atoms with Crippen LogP contribution in [0.4, 0.5) is 14.5 Å². The molecule has 1 amide bonds. The lowest BCUT2D eigenvalue weighted by molar-refractivity contribution is -0.117. The molecule has 20 heavy (non-hydrogen) atoms. The topological polar surface area (TPSA) is 52.6 Å². The number of aryl methyl sites for hydroxylation is 1. The SMILES string of the molecule is Cc1ccc(NC(=O)CN(CCO)CC(F)F)c(Cl)c1. The molecule has 0 unspecified atom stereocenters. The van der Waals surface area contributed by atoms with Crippen molar-refractivity contribution in [2.24, 2.45) is 0 Å². The van der Waals surface area contributed by atoms with E-state index in [2.05, 4.69) is 5.32 Å². The van der Waals surface area contributed by atoms with Gasteiger partial charge in [0, 0.05) is 6.54 Å². The van der Waals surface area contributed by atoms with E-state index in [0.717, 1.165) is 5.56 Å². The van der Waals surface area contributed by atoms with Gasteiger partial charge in [-0.25, -0.2) is 8.78 Å². The molecule has 1 aromatic carbocycles. The van der Waals surface area contributed by atoms with Crippen LogP contribution in [0.3, 0.4) is 0 Å². The Hall–Kier alpha value is -1.24. The number of carbonyl (C=O) groups is 1. The molecule has 0 aliphatic rings. The van der Waals surface area contributed by atoms with E-state index in [1.807, 2.05) is 6.92 Å².